The number of nitrogens with one attached hydrogen (secondary N) is 1. The van der Waals surface area contributed by atoms with Crippen LogP contribution in [0.15, 0.2) is 41.3 Å². The maximum atomic E-state index is 13.0. The van der Waals surface area contributed by atoms with E-state index in [9.17, 15) is 4.79 Å². The van der Waals surface area contributed by atoms with Gasteiger partial charge in [-0.05, 0) is 74.0 Å². The summed E-state index contributed by atoms with van der Waals surface area (Å²) < 4.78 is 5.10. The lowest BCUT2D eigenvalue weighted by Crippen LogP contribution is -2.53. The molecule has 4 bridgehead atoms. The fourth-order valence-electron chi connectivity index (χ4n) is 5.87. The Morgan fingerprint density at radius 2 is 1.84 bits per heavy atom. The van der Waals surface area contributed by atoms with Gasteiger partial charge in [0, 0.05) is 23.7 Å². The van der Waals surface area contributed by atoms with Crippen molar-refractivity contribution in [1.82, 2.24) is 10.3 Å². The Balaban J connectivity index is 1.25. The van der Waals surface area contributed by atoms with Crippen LogP contribution < -0.4 is 5.32 Å². The van der Waals surface area contributed by atoms with Gasteiger partial charge in [0.05, 0.1) is 18.2 Å². The molecule has 0 unspecified atom stereocenters. The summed E-state index contributed by atoms with van der Waals surface area (Å²) in [5.74, 6) is 2.68. The molecule has 4 aliphatic rings. The molecule has 2 heterocycles. The van der Waals surface area contributed by atoms with Crippen molar-refractivity contribution in [3.05, 3.63) is 42.5 Å². The Morgan fingerprint density at radius 3 is 2.40 bits per heavy atom. The van der Waals surface area contributed by atoms with Crippen molar-refractivity contribution in [3.8, 4) is 11.3 Å². The lowest BCUT2D eigenvalue weighted by molar-refractivity contribution is -0.146. The summed E-state index contributed by atoms with van der Waals surface area (Å²) in [6.07, 6.45) is 12.6. The summed E-state index contributed by atoms with van der Waals surface area (Å²) >= 11 is 0. The second kappa shape index (κ2) is 5.72. The van der Waals surface area contributed by atoms with Gasteiger partial charge >= 0.3 is 0 Å². The molecule has 0 aliphatic heterocycles. The number of furan rings is 1. The molecule has 6 rings (SSSR count). The van der Waals surface area contributed by atoms with Crippen LogP contribution in [0.1, 0.15) is 44.1 Å². The fourth-order valence-corrected chi connectivity index (χ4v) is 5.87. The number of hydrogen-bond acceptors (Lipinski definition) is 3. The SMILES string of the molecule is O=C(NCc1ccc(-c2ccoc2)nc1)C12CC3CC(CC(C3)C1)C2. The van der Waals surface area contributed by atoms with Crippen LogP contribution in [0.5, 0.6) is 0 Å². The van der Waals surface area contributed by atoms with Gasteiger partial charge in [0.1, 0.15) is 0 Å². The summed E-state index contributed by atoms with van der Waals surface area (Å²) in [5, 5.41) is 3.21. The molecular formula is C21H24N2O2. The van der Waals surface area contributed by atoms with Gasteiger partial charge < -0.3 is 9.73 Å². The highest BCUT2D eigenvalue weighted by atomic mass is 16.3. The molecule has 4 saturated carbocycles. The Morgan fingerprint density at radius 1 is 1.12 bits per heavy atom. The Labute approximate surface area is 148 Å². The smallest absolute Gasteiger partial charge is 0.226 e. The van der Waals surface area contributed by atoms with Gasteiger partial charge in [0.25, 0.3) is 0 Å². The van der Waals surface area contributed by atoms with E-state index < -0.39 is 0 Å². The van der Waals surface area contributed by atoms with Crippen molar-refractivity contribution >= 4 is 5.91 Å². The van der Waals surface area contributed by atoms with Crippen molar-refractivity contribution < 1.29 is 9.21 Å². The van der Waals surface area contributed by atoms with E-state index in [1.54, 1.807) is 12.5 Å². The number of rotatable bonds is 4. The highest BCUT2D eigenvalue weighted by molar-refractivity contribution is 5.83. The number of pyridine rings is 1. The maximum Gasteiger partial charge on any atom is 0.226 e. The van der Waals surface area contributed by atoms with E-state index in [1.807, 2.05) is 24.4 Å². The van der Waals surface area contributed by atoms with E-state index in [1.165, 1.54) is 19.3 Å². The first kappa shape index (κ1) is 15.2. The molecule has 130 valence electrons. The second-order valence-electron chi connectivity index (χ2n) is 8.44. The van der Waals surface area contributed by atoms with Crippen LogP contribution in [0.2, 0.25) is 0 Å². The van der Waals surface area contributed by atoms with E-state index in [0.717, 1.165) is 53.8 Å². The Hall–Kier alpha value is -2.10. The lowest BCUT2D eigenvalue weighted by Gasteiger charge is -2.55. The van der Waals surface area contributed by atoms with Crippen molar-refractivity contribution in [1.29, 1.82) is 0 Å². The fraction of sp³-hybridized carbons (Fsp3) is 0.524. The molecule has 0 atom stereocenters. The molecule has 4 fully saturated rings. The minimum absolute atomic E-state index is 0.0705. The highest BCUT2D eigenvalue weighted by Crippen LogP contribution is 2.60. The van der Waals surface area contributed by atoms with Crippen molar-refractivity contribution in [2.45, 2.75) is 45.1 Å². The van der Waals surface area contributed by atoms with Crippen LogP contribution in [0.3, 0.4) is 0 Å². The third kappa shape index (κ3) is 2.68. The molecule has 4 aliphatic carbocycles. The predicted molar refractivity (Wildman–Crippen MR) is 94.4 cm³/mol. The first-order chi connectivity index (χ1) is 12.2. The van der Waals surface area contributed by atoms with Gasteiger partial charge in [0.15, 0.2) is 0 Å². The normalized spacial score (nSPS) is 32.7. The molecule has 4 nitrogen and oxygen atoms in total. The van der Waals surface area contributed by atoms with Crippen LogP contribution in [0.4, 0.5) is 0 Å². The molecule has 1 N–H and O–H groups in total. The van der Waals surface area contributed by atoms with Gasteiger partial charge in [-0.15, -0.1) is 0 Å². The van der Waals surface area contributed by atoms with Gasteiger partial charge in [-0.25, -0.2) is 0 Å². The largest absolute Gasteiger partial charge is 0.472 e. The van der Waals surface area contributed by atoms with Crippen molar-refractivity contribution in [2.75, 3.05) is 0 Å². The third-order valence-electron chi connectivity index (χ3n) is 6.61. The first-order valence-corrected chi connectivity index (χ1v) is 9.46. The minimum Gasteiger partial charge on any atom is -0.472 e. The van der Waals surface area contributed by atoms with Gasteiger partial charge in [-0.2, -0.15) is 0 Å². The number of hydrogen-bond donors (Lipinski definition) is 1. The first-order valence-electron chi connectivity index (χ1n) is 9.46. The minimum atomic E-state index is -0.0705. The highest BCUT2D eigenvalue weighted by Gasteiger charge is 2.54. The number of aromatic nitrogens is 1. The molecule has 1 amide bonds. The zero-order valence-electron chi connectivity index (χ0n) is 14.4. The van der Waals surface area contributed by atoms with Crippen LogP contribution >= 0.6 is 0 Å². The zero-order chi connectivity index (χ0) is 16.9. The van der Waals surface area contributed by atoms with Crippen LogP contribution in [0, 0.1) is 23.2 Å². The maximum absolute atomic E-state index is 13.0. The topological polar surface area (TPSA) is 55.1 Å². The van der Waals surface area contributed by atoms with Crippen molar-refractivity contribution in [3.63, 3.8) is 0 Å². The Kier molecular flexibility index (Phi) is 3.47. The zero-order valence-corrected chi connectivity index (χ0v) is 14.4. The monoisotopic (exact) mass is 336 g/mol. The summed E-state index contributed by atoms with van der Waals surface area (Å²) in [4.78, 5) is 17.5. The predicted octanol–water partition coefficient (Wildman–Crippen LogP) is 4.17. The van der Waals surface area contributed by atoms with E-state index >= 15 is 0 Å². The third-order valence-corrected chi connectivity index (χ3v) is 6.61. The summed E-state index contributed by atoms with van der Waals surface area (Å²) in [6.45, 7) is 0.569. The van der Waals surface area contributed by atoms with E-state index in [4.69, 9.17) is 4.42 Å². The number of nitrogens with zero attached hydrogens (tertiary/aromatic N) is 1. The summed E-state index contributed by atoms with van der Waals surface area (Å²) in [6, 6.07) is 5.92. The molecule has 2 aromatic rings. The van der Waals surface area contributed by atoms with Gasteiger partial charge in [0.2, 0.25) is 5.91 Å². The number of carbonyl (C=O) groups excluding carboxylic acids is 1. The Bertz CT molecular complexity index is 728. The molecule has 0 aromatic carbocycles. The standard InChI is InChI=1S/C21H24N2O2/c24-20(21-8-15-5-16(9-21)7-17(6-15)10-21)23-12-14-1-2-19(22-11-14)18-3-4-25-13-18/h1-4,11,13,15-17H,5-10,12H2,(H,23,24). The molecule has 0 radical (unpaired) electrons. The van der Waals surface area contributed by atoms with Gasteiger partial charge in [-0.1, -0.05) is 6.07 Å². The average Bonchev–Trinajstić information content (AvgIpc) is 3.13. The lowest BCUT2D eigenvalue weighted by atomic mass is 9.49. The number of amides is 1. The van der Waals surface area contributed by atoms with Crippen molar-refractivity contribution in [2.24, 2.45) is 23.2 Å². The van der Waals surface area contributed by atoms with E-state index in [-0.39, 0.29) is 11.3 Å². The molecule has 25 heavy (non-hydrogen) atoms. The quantitative estimate of drug-likeness (QED) is 0.911. The van der Waals surface area contributed by atoms with E-state index in [2.05, 4.69) is 10.3 Å². The molecule has 2 aromatic heterocycles. The molecule has 0 saturated heterocycles. The molecular weight excluding hydrogens is 312 g/mol. The molecule has 0 spiro atoms. The van der Waals surface area contributed by atoms with Crippen LogP contribution in [0.25, 0.3) is 11.3 Å². The number of carbonyl (C=O) groups is 1. The molecule has 4 heteroatoms. The van der Waals surface area contributed by atoms with Gasteiger partial charge in [-0.3, -0.25) is 9.78 Å². The second-order valence-corrected chi connectivity index (χ2v) is 8.44. The van der Waals surface area contributed by atoms with E-state index in [0.29, 0.717) is 6.54 Å². The average molecular weight is 336 g/mol. The summed E-state index contributed by atoms with van der Waals surface area (Å²) in [7, 11) is 0. The van der Waals surface area contributed by atoms with Crippen LogP contribution in [-0.4, -0.2) is 10.9 Å². The summed E-state index contributed by atoms with van der Waals surface area (Å²) in [5.41, 5.74) is 2.85. The van der Waals surface area contributed by atoms with Crippen LogP contribution in [-0.2, 0) is 11.3 Å².